The van der Waals surface area contributed by atoms with Crippen LogP contribution in [0.2, 0.25) is 10.0 Å². The van der Waals surface area contributed by atoms with E-state index in [0.29, 0.717) is 23.3 Å². The van der Waals surface area contributed by atoms with Gasteiger partial charge in [-0.15, -0.1) is 0 Å². The summed E-state index contributed by atoms with van der Waals surface area (Å²) in [5, 5.41) is 17.9. The van der Waals surface area contributed by atoms with Gasteiger partial charge in [0.05, 0.1) is 15.0 Å². The molecule has 0 aliphatic carbocycles. The molecule has 7 heteroatoms. The zero-order valence-electron chi connectivity index (χ0n) is 10.3. The summed E-state index contributed by atoms with van der Waals surface area (Å²) in [6, 6.07) is 3.28. The van der Waals surface area contributed by atoms with E-state index in [1.807, 2.05) is 0 Å². The first kappa shape index (κ1) is 14.4. The molecule has 0 bridgehead atoms. The van der Waals surface area contributed by atoms with Gasteiger partial charge in [0.15, 0.2) is 0 Å². The number of hydrogen-bond donors (Lipinski definition) is 2. The van der Waals surface area contributed by atoms with E-state index in [1.54, 1.807) is 0 Å². The van der Waals surface area contributed by atoms with E-state index in [2.05, 4.69) is 10.6 Å². The fraction of sp³-hybridized carbons (Fsp3) is 0.500. The molecule has 5 nitrogen and oxygen atoms in total. The van der Waals surface area contributed by atoms with Crippen LogP contribution < -0.4 is 10.6 Å². The molecule has 1 fully saturated rings. The summed E-state index contributed by atoms with van der Waals surface area (Å²) >= 11 is 11.7. The Bertz CT molecular complexity index is 476. The number of nitro groups is 1. The number of benzene rings is 1. The van der Waals surface area contributed by atoms with E-state index in [4.69, 9.17) is 23.2 Å². The minimum Gasteiger partial charge on any atom is -0.379 e. The smallest absolute Gasteiger partial charge is 0.293 e. The molecule has 1 aromatic carbocycles. The van der Waals surface area contributed by atoms with Crippen LogP contribution in [0, 0.1) is 10.1 Å². The van der Waals surface area contributed by atoms with E-state index in [1.165, 1.54) is 18.6 Å². The van der Waals surface area contributed by atoms with Crippen LogP contribution in [-0.4, -0.2) is 24.1 Å². The Balaban J connectivity index is 2.01. The molecule has 1 aliphatic heterocycles. The highest BCUT2D eigenvalue weighted by molar-refractivity contribution is 6.42. The molecule has 0 saturated carbocycles. The first-order chi connectivity index (χ1) is 9.08. The second-order valence-electron chi connectivity index (χ2n) is 4.55. The third-order valence-corrected chi connectivity index (χ3v) is 3.93. The van der Waals surface area contributed by atoms with Gasteiger partial charge in [-0.05, 0) is 31.9 Å². The third-order valence-electron chi connectivity index (χ3n) is 3.21. The van der Waals surface area contributed by atoms with Crippen molar-refractivity contribution < 1.29 is 4.92 Å². The Hall–Kier alpha value is -1.04. The highest BCUT2D eigenvalue weighted by Gasteiger charge is 2.18. The molecule has 0 amide bonds. The maximum atomic E-state index is 11.0. The molecule has 2 N–H and O–H groups in total. The molecule has 0 unspecified atom stereocenters. The topological polar surface area (TPSA) is 67.2 Å². The number of halogens is 2. The average Bonchev–Trinajstić information content (AvgIpc) is 2.86. The molecule has 0 aromatic heterocycles. The molecular weight excluding hydrogens is 289 g/mol. The fourth-order valence-corrected chi connectivity index (χ4v) is 2.53. The van der Waals surface area contributed by atoms with Gasteiger partial charge >= 0.3 is 0 Å². The Kier molecular flexibility index (Phi) is 4.85. The summed E-state index contributed by atoms with van der Waals surface area (Å²) in [7, 11) is 0. The lowest BCUT2D eigenvalue weighted by Crippen LogP contribution is -2.24. The predicted molar refractivity (Wildman–Crippen MR) is 77.2 cm³/mol. The maximum absolute atomic E-state index is 11.0. The van der Waals surface area contributed by atoms with Crippen molar-refractivity contribution in [3.05, 3.63) is 32.3 Å². The number of nitro benzene ring substituents is 1. The number of rotatable bonds is 5. The van der Waals surface area contributed by atoms with Crippen LogP contribution in [0.5, 0.6) is 0 Å². The van der Waals surface area contributed by atoms with Crippen molar-refractivity contribution in [1.82, 2.24) is 5.32 Å². The van der Waals surface area contributed by atoms with Gasteiger partial charge in [0.25, 0.3) is 5.69 Å². The van der Waals surface area contributed by atoms with Gasteiger partial charge in [-0.2, -0.15) is 0 Å². The Labute approximate surface area is 121 Å². The normalized spacial score (nSPS) is 18.5. The van der Waals surface area contributed by atoms with Gasteiger partial charge in [-0.1, -0.05) is 23.2 Å². The number of nitrogens with zero attached hydrogens (tertiary/aromatic N) is 1. The van der Waals surface area contributed by atoms with E-state index < -0.39 is 4.92 Å². The summed E-state index contributed by atoms with van der Waals surface area (Å²) in [5.41, 5.74) is 0.367. The summed E-state index contributed by atoms with van der Waals surface area (Å²) in [5.74, 6) is 0. The van der Waals surface area contributed by atoms with Crippen LogP contribution in [-0.2, 0) is 0 Å². The number of nitrogens with one attached hydrogen (secondary N) is 2. The monoisotopic (exact) mass is 303 g/mol. The maximum Gasteiger partial charge on any atom is 0.293 e. The molecule has 1 atom stereocenters. The van der Waals surface area contributed by atoms with Crippen molar-refractivity contribution in [2.45, 2.75) is 25.3 Å². The highest BCUT2D eigenvalue weighted by Crippen LogP contribution is 2.33. The van der Waals surface area contributed by atoms with E-state index >= 15 is 0 Å². The van der Waals surface area contributed by atoms with E-state index in [9.17, 15) is 10.1 Å². The quantitative estimate of drug-likeness (QED) is 0.646. The number of hydrogen-bond acceptors (Lipinski definition) is 4. The predicted octanol–water partition coefficient (Wildman–Crippen LogP) is 3.46. The van der Waals surface area contributed by atoms with Gasteiger partial charge in [-0.3, -0.25) is 10.1 Å². The van der Waals surface area contributed by atoms with Crippen LogP contribution in [0.4, 0.5) is 11.4 Å². The van der Waals surface area contributed by atoms with Crippen molar-refractivity contribution in [3.8, 4) is 0 Å². The molecule has 1 saturated heterocycles. The lowest BCUT2D eigenvalue weighted by molar-refractivity contribution is -0.383. The zero-order chi connectivity index (χ0) is 13.8. The molecule has 19 heavy (non-hydrogen) atoms. The van der Waals surface area contributed by atoms with Crippen LogP contribution in [0.25, 0.3) is 0 Å². The van der Waals surface area contributed by atoms with Gasteiger partial charge in [0.2, 0.25) is 0 Å². The van der Waals surface area contributed by atoms with Crippen molar-refractivity contribution >= 4 is 34.6 Å². The second kappa shape index (κ2) is 6.41. The first-order valence-corrected chi connectivity index (χ1v) is 6.94. The zero-order valence-corrected chi connectivity index (χ0v) is 11.8. The second-order valence-corrected chi connectivity index (χ2v) is 5.36. The summed E-state index contributed by atoms with van der Waals surface area (Å²) in [4.78, 5) is 10.5. The van der Waals surface area contributed by atoms with Crippen molar-refractivity contribution in [2.75, 3.05) is 18.4 Å². The molecule has 1 aromatic rings. The lowest BCUT2D eigenvalue weighted by atomic mass is 10.1. The first-order valence-electron chi connectivity index (χ1n) is 6.18. The van der Waals surface area contributed by atoms with Crippen LogP contribution >= 0.6 is 23.2 Å². The molecule has 0 spiro atoms. The standard InChI is InChI=1S/C12H15Cl2N3O2/c13-9-6-11(12(17(18)19)7-10(9)14)16-5-3-8-2-1-4-15-8/h6-8,15-16H,1-5H2/t8-/m1/s1. The highest BCUT2D eigenvalue weighted by atomic mass is 35.5. The average molecular weight is 304 g/mol. The van der Waals surface area contributed by atoms with Gasteiger partial charge < -0.3 is 10.6 Å². The van der Waals surface area contributed by atoms with Crippen LogP contribution in [0.1, 0.15) is 19.3 Å². The summed E-state index contributed by atoms with van der Waals surface area (Å²) < 4.78 is 0. The SMILES string of the molecule is O=[N+]([O-])c1cc(Cl)c(Cl)cc1NCC[C@H]1CCCN1. The lowest BCUT2D eigenvalue weighted by Gasteiger charge is -2.12. The Morgan fingerprint density at radius 3 is 2.79 bits per heavy atom. The summed E-state index contributed by atoms with van der Waals surface area (Å²) in [6.07, 6.45) is 3.28. The van der Waals surface area contributed by atoms with Crippen molar-refractivity contribution in [3.63, 3.8) is 0 Å². The minimum absolute atomic E-state index is 0.0474. The van der Waals surface area contributed by atoms with Gasteiger partial charge in [0.1, 0.15) is 5.69 Å². The van der Waals surface area contributed by atoms with Gasteiger partial charge in [-0.25, -0.2) is 0 Å². The van der Waals surface area contributed by atoms with Crippen LogP contribution in [0.3, 0.4) is 0 Å². The molecule has 2 rings (SSSR count). The summed E-state index contributed by atoms with van der Waals surface area (Å²) in [6.45, 7) is 1.72. The molecule has 1 heterocycles. The van der Waals surface area contributed by atoms with Gasteiger partial charge in [0, 0.05) is 18.7 Å². The molecular formula is C12H15Cl2N3O2. The Morgan fingerprint density at radius 1 is 1.42 bits per heavy atom. The van der Waals surface area contributed by atoms with E-state index in [0.717, 1.165) is 19.4 Å². The molecule has 1 aliphatic rings. The minimum atomic E-state index is -0.460. The molecule has 0 radical (unpaired) electrons. The van der Waals surface area contributed by atoms with Crippen LogP contribution in [0.15, 0.2) is 12.1 Å². The fourth-order valence-electron chi connectivity index (χ4n) is 2.21. The third kappa shape index (κ3) is 3.72. The van der Waals surface area contributed by atoms with Crippen molar-refractivity contribution in [1.29, 1.82) is 0 Å². The van der Waals surface area contributed by atoms with E-state index in [-0.39, 0.29) is 10.7 Å². The molecule has 104 valence electrons. The Morgan fingerprint density at radius 2 is 2.16 bits per heavy atom. The number of anilines is 1. The van der Waals surface area contributed by atoms with Crippen molar-refractivity contribution in [2.24, 2.45) is 0 Å². The largest absolute Gasteiger partial charge is 0.379 e.